The topological polar surface area (TPSA) is 74.0 Å². The molecular formula is C7H6N2O2S2. The molecule has 6 heteroatoms. The minimum absolute atomic E-state index is 0.250. The first kappa shape index (κ1) is 10.0. The maximum Gasteiger partial charge on any atom is 0.347 e. The van der Waals surface area contributed by atoms with Crippen LogP contribution >= 0.6 is 23.1 Å². The summed E-state index contributed by atoms with van der Waals surface area (Å²) in [6.45, 7) is 1.65. The second-order valence-electron chi connectivity index (χ2n) is 2.15. The van der Waals surface area contributed by atoms with Crippen LogP contribution in [0, 0.1) is 18.3 Å². The van der Waals surface area contributed by atoms with Crippen molar-refractivity contribution in [3.05, 3.63) is 10.6 Å². The average molecular weight is 214 g/mol. The highest BCUT2D eigenvalue weighted by Crippen LogP contribution is 2.26. The van der Waals surface area contributed by atoms with E-state index in [2.05, 4.69) is 4.98 Å². The van der Waals surface area contributed by atoms with Gasteiger partial charge in [-0.1, -0.05) is 11.8 Å². The largest absolute Gasteiger partial charge is 0.477 e. The molecule has 68 valence electrons. The van der Waals surface area contributed by atoms with Crippen molar-refractivity contribution in [2.24, 2.45) is 0 Å². The van der Waals surface area contributed by atoms with Gasteiger partial charge in [0.2, 0.25) is 0 Å². The molecule has 0 fully saturated rings. The van der Waals surface area contributed by atoms with Gasteiger partial charge in [0.15, 0.2) is 4.34 Å². The summed E-state index contributed by atoms with van der Waals surface area (Å²) in [5, 5.41) is 17.0. The van der Waals surface area contributed by atoms with E-state index in [9.17, 15) is 4.79 Å². The third kappa shape index (κ3) is 2.44. The fourth-order valence-corrected chi connectivity index (χ4v) is 2.42. The first-order valence-corrected chi connectivity index (χ1v) is 5.16. The van der Waals surface area contributed by atoms with Crippen molar-refractivity contribution in [1.29, 1.82) is 5.26 Å². The van der Waals surface area contributed by atoms with Gasteiger partial charge in [0, 0.05) is 0 Å². The van der Waals surface area contributed by atoms with Crippen LogP contribution in [0.2, 0.25) is 0 Å². The lowest BCUT2D eigenvalue weighted by molar-refractivity contribution is 0.0701. The van der Waals surface area contributed by atoms with E-state index >= 15 is 0 Å². The van der Waals surface area contributed by atoms with Crippen LogP contribution in [0.3, 0.4) is 0 Å². The molecule has 0 aromatic carbocycles. The second-order valence-corrected chi connectivity index (χ2v) is 4.37. The maximum absolute atomic E-state index is 10.6. The molecule has 1 N–H and O–H groups in total. The van der Waals surface area contributed by atoms with Crippen LogP contribution in [0.1, 0.15) is 15.4 Å². The fraction of sp³-hybridized carbons (Fsp3) is 0.286. The molecule has 0 amide bonds. The Bertz CT molecular complexity index is 367. The fourth-order valence-electron chi connectivity index (χ4n) is 0.726. The third-order valence-electron chi connectivity index (χ3n) is 1.23. The van der Waals surface area contributed by atoms with Crippen LogP contribution in [0.5, 0.6) is 0 Å². The molecule has 0 saturated heterocycles. The van der Waals surface area contributed by atoms with Crippen molar-refractivity contribution in [2.45, 2.75) is 11.3 Å². The molecule has 0 bridgehead atoms. The van der Waals surface area contributed by atoms with Crippen LogP contribution in [0.15, 0.2) is 4.34 Å². The highest BCUT2D eigenvalue weighted by Gasteiger charge is 2.13. The van der Waals surface area contributed by atoms with E-state index in [1.807, 2.05) is 6.07 Å². The lowest BCUT2D eigenvalue weighted by Crippen LogP contribution is -1.94. The Balaban J connectivity index is 2.84. The Morgan fingerprint density at radius 2 is 2.54 bits per heavy atom. The summed E-state index contributed by atoms with van der Waals surface area (Å²) in [6, 6.07) is 1.96. The number of carboxylic acids is 1. The number of carboxylic acid groups (broad SMARTS) is 1. The molecule has 0 aliphatic heterocycles. The molecule has 0 atom stereocenters. The Kier molecular flexibility index (Phi) is 3.28. The predicted molar refractivity (Wildman–Crippen MR) is 50.1 cm³/mol. The molecule has 1 heterocycles. The van der Waals surface area contributed by atoms with Gasteiger partial charge < -0.3 is 5.11 Å². The summed E-state index contributed by atoms with van der Waals surface area (Å²) < 4.78 is 0.636. The summed E-state index contributed by atoms with van der Waals surface area (Å²) in [5.41, 5.74) is 0.512. The van der Waals surface area contributed by atoms with Crippen LogP contribution in [0.4, 0.5) is 0 Å². The number of nitriles is 1. The number of hydrogen-bond acceptors (Lipinski definition) is 5. The average Bonchev–Trinajstić information content (AvgIpc) is 2.43. The molecule has 13 heavy (non-hydrogen) atoms. The number of carbonyl (C=O) groups is 1. The van der Waals surface area contributed by atoms with Crippen LogP contribution < -0.4 is 0 Å². The van der Waals surface area contributed by atoms with E-state index in [-0.39, 0.29) is 4.88 Å². The third-order valence-corrected chi connectivity index (χ3v) is 3.39. The van der Waals surface area contributed by atoms with E-state index in [0.717, 1.165) is 11.3 Å². The molecule has 0 spiro atoms. The molecule has 1 aromatic rings. The van der Waals surface area contributed by atoms with Crippen molar-refractivity contribution < 1.29 is 9.90 Å². The van der Waals surface area contributed by atoms with Gasteiger partial charge in [0.1, 0.15) is 4.88 Å². The molecule has 0 saturated carbocycles. The predicted octanol–water partition coefficient (Wildman–Crippen LogP) is 1.77. The van der Waals surface area contributed by atoms with Crippen molar-refractivity contribution in [2.75, 3.05) is 5.75 Å². The highest BCUT2D eigenvalue weighted by atomic mass is 32.2. The van der Waals surface area contributed by atoms with Crippen molar-refractivity contribution >= 4 is 29.1 Å². The molecule has 0 unspecified atom stereocenters. The van der Waals surface area contributed by atoms with Crippen LogP contribution in [0.25, 0.3) is 0 Å². The van der Waals surface area contributed by atoms with E-state index < -0.39 is 5.97 Å². The van der Waals surface area contributed by atoms with Gasteiger partial charge in [-0.3, -0.25) is 0 Å². The summed E-state index contributed by atoms with van der Waals surface area (Å²) in [6.07, 6.45) is 0. The number of nitrogens with zero attached hydrogens (tertiary/aromatic N) is 2. The van der Waals surface area contributed by atoms with Gasteiger partial charge >= 0.3 is 5.97 Å². The number of aryl methyl sites for hydroxylation is 1. The van der Waals surface area contributed by atoms with Crippen LogP contribution in [-0.4, -0.2) is 21.8 Å². The summed E-state index contributed by atoms with van der Waals surface area (Å²) in [4.78, 5) is 14.9. The minimum Gasteiger partial charge on any atom is -0.477 e. The van der Waals surface area contributed by atoms with E-state index in [1.54, 1.807) is 6.92 Å². The number of thioether (sulfide) groups is 1. The quantitative estimate of drug-likeness (QED) is 0.776. The zero-order valence-electron chi connectivity index (χ0n) is 6.77. The molecule has 1 rings (SSSR count). The Labute approximate surface area is 83.2 Å². The monoisotopic (exact) mass is 214 g/mol. The Hall–Kier alpha value is -1.06. The molecule has 1 aromatic heterocycles. The maximum atomic E-state index is 10.6. The SMILES string of the molecule is Cc1nc(SCC#N)sc1C(=O)O. The standard InChI is InChI=1S/C7H6N2O2S2/c1-4-5(6(10)11)13-7(9-4)12-3-2-8/h3H2,1H3,(H,10,11). The smallest absolute Gasteiger partial charge is 0.347 e. The number of aromatic nitrogens is 1. The van der Waals surface area contributed by atoms with Crippen molar-refractivity contribution in [3.8, 4) is 6.07 Å². The lowest BCUT2D eigenvalue weighted by atomic mass is 10.4. The van der Waals surface area contributed by atoms with Gasteiger partial charge in [0.25, 0.3) is 0 Å². The van der Waals surface area contributed by atoms with Crippen LogP contribution in [-0.2, 0) is 0 Å². The Morgan fingerprint density at radius 1 is 1.85 bits per heavy atom. The van der Waals surface area contributed by atoms with Gasteiger partial charge in [0.05, 0.1) is 17.5 Å². The molecular weight excluding hydrogens is 208 g/mol. The highest BCUT2D eigenvalue weighted by molar-refractivity contribution is 8.01. The van der Waals surface area contributed by atoms with E-state index in [1.165, 1.54) is 11.8 Å². The van der Waals surface area contributed by atoms with E-state index in [4.69, 9.17) is 10.4 Å². The summed E-state index contributed by atoms with van der Waals surface area (Å²) >= 11 is 2.36. The second kappa shape index (κ2) is 4.25. The zero-order valence-corrected chi connectivity index (χ0v) is 8.41. The van der Waals surface area contributed by atoms with Gasteiger partial charge in [-0.25, -0.2) is 9.78 Å². The summed E-state index contributed by atoms with van der Waals surface area (Å²) in [7, 11) is 0. The zero-order chi connectivity index (χ0) is 9.84. The first-order chi connectivity index (χ1) is 6.15. The molecule has 4 nitrogen and oxygen atoms in total. The van der Waals surface area contributed by atoms with Crippen molar-refractivity contribution in [1.82, 2.24) is 4.98 Å². The number of hydrogen-bond donors (Lipinski definition) is 1. The number of thiazole rings is 1. The van der Waals surface area contributed by atoms with Crippen molar-refractivity contribution in [3.63, 3.8) is 0 Å². The molecule has 0 aliphatic carbocycles. The van der Waals surface area contributed by atoms with E-state index in [0.29, 0.717) is 15.8 Å². The lowest BCUT2D eigenvalue weighted by Gasteiger charge is -1.84. The first-order valence-electron chi connectivity index (χ1n) is 3.35. The minimum atomic E-state index is -0.959. The van der Waals surface area contributed by atoms with Gasteiger partial charge in [-0.2, -0.15) is 5.26 Å². The molecule has 0 aliphatic rings. The Morgan fingerprint density at radius 3 is 3.00 bits per heavy atom. The number of aromatic carboxylic acids is 1. The van der Waals surface area contributed by atoms with Gasteiger partial charge in [-0.15, -0.1) is 11.3 Å². The summed E-state index contributed by atoms with van der Waals surface area (Å²) in [5.74, 6) is -0.662. The normalized spacial score (nSPS) is 9.54. The van der Waals surface area contributed by atoms with Gasteiger partial charge in [-0.05, 0) is 6.92 Å². The number of rotatable bonds is 3. The molecule has 0 radical (unpaired) electrons.